The topological polar surface area (TPSA) is 58.8 Å². The first kappa shape index (κ1) is 16.4. The summed E-state index contributed by atoms with van der Waals surface area (Å²) in [6.45, 7) is 5.96. The molecule has 4 heteroatoms. The molecule has 0 bridgehead atoms. The Hall–Kier alpha value is -3.45. The molecule has 0 fully saturated rings. The van der Waals surface area contributed by atoms with Gasteiger partial charge in [0.1, 0.15) is 18.2 Å². The minimum absolute atomic E-state index is 0.278. The van der Waals surface area contributed by atoms with Crippen molar-refractivity contribution in [2.75, 3.05) is 6.61 Å². The van der Waals surface area contributed by atoms with Crippen LogP contribution in [0.1, 0.15) is 11.1 Å². The van der Waals surface area contributed by atoms with E-state index in [0.29, 0.717) is 17.1 Å². The Labute approximate surface area is 147 Å². The fraction of sp³-hybridized carbons (Fsp3) is 0.0952. The number of nitriles is 1. The maximum atomic E-state index is 9.66. The van der Waals surface area contributed by atoms with E-state index < -0.39 is 0 Å². The van der Waals surface area contributed by atoms with Crippen molar-refractivity contribution in [1.29, 1.82) is 5.26 Å². The summed E-state index contributed by atoms with van der Waals surface area (Å²) in [5.41, 5.74) is 4.66. The van der Waals surface area contributed by atoms with Crippen molar-refractivity contribution in [3.8, 4) is 34.5 Å². The van der Waals surface area contributed by atoms with Gasteiger partial charge in [-0.05, 0) is 30.7 Å². The molecule has 0 atom stereocenters. The highest BCUT2D eigenvalue weighted by atomic mass is 16.5. The van der Waals surface area contributed by atoms with Gasteiger partial charge in [0.2, 0.25) is 5.88 Å². The Balaban J connectivity index is 2.22. The van der Waals surface area contributed by atoms with Crippen LogP contribution in [0.15, 0.2) is 67.4 Å². The third kappa shape index (κ3) is 3.56. The van der Waals surface area contributed by atoms with Gasteiger partial charge in [0, 0.05) is 11.8 Å². The maximum absolute atomic E-state index is 9.66. The third-order valence-electron chi connectivity index (χ3n) is 3.73. The van der Waals surface area contributed by atoms with Crippen molar-refractivity contribution in [1.82, 2.24) is 9.97 Å². The van der Waals surface area contributed by atoms with E-state index in [1.54, 1.807) is 12.3 Å². The number of rotatable bonds is 5. The highest BCUT2D eigenvalue weighted by molar-refractivity contribution is 5.77. The van der Waals surface area contributed by atoms with E-state index in [2.05, 4.69) is 22.6 Å². The van der Waals surface area contributed by atoms with Crippen molar-refractivity contribution in [2.45, 2.75) is 6.92 Å². The largest absolute Gasteiger partial charge is 0.472 e. The summed E-state index contributed by atoms with van der Waals surface area (Å²) < 4.78 is 5.65. The first-order valence-electron chi connectivity index (χ1n) is 7.90. The lowest BCUT2D eigenvalue weighted by atomic mass is 9.99. The molecule has 122 valence electrons. The fourth-order valence-electron chi connectivity index (χ4n) is 2.48. The van der Waals surface area contributed by atoms with Gasteiger partial charge in [0.25, 0.3) is 0 Å². The molecule has 0 radical (unpaired) electrons. The number of aromatic nitrogens is 2. The Morgan fingerprint density at radius 1 is 1.16 bits per heavy atom. The van der Waals surface area contributed by atoms with Crippen LogP contribution in [0, 0.1) is 18.3 Å². The zero-order chi connectivity index (χ0) is 17.6. The van der Waals surface area contributed by atoms with Gasteiger partial charge in [0.05, 0.1) is 11.4 Å². The summed E-state index contributed by atoms with van der Waals surface area (Å²) in [6.07, 6.45) is 3.34. The maximum Gasteiger partial charge on any atom is 0.233 e. The molecule has 4 nitrogen and oxygen atoms in total. The van der Waals surface area contributed by atoms with Crippen LogP contribution in [0.5, 0.6) is 5.88 Å². The summed E-state index contributed by atoms with van der Waals surface area (Å²) in [5.74, 6) is 0.293. The molecule has 3 aromatic rings. The van der Waals surface area contributed by atoms with E-state index in [1.807, 2.05) is 55.5 Å². The first-order valence-corrected chi connectivity index (χ1v) is 7.90. The van der Waals surface area contributed by atoms with Gasteiger partial charge in [-0.25, -0.2) is 4.98 Å². The Morgan fingerprint density at radius 3 is 2.60 bits per heavy atom. The molecule has 1 aromatic carbocycles. The molecule has 0 N–H and O–H groups in total. The fourth-order valence-corrected chi connectivity index (χ4v) is 2.48. The van der Waals surface area contributed by atoms with Gasteiger partial charge < -0.3 is 4.74 Å². The second-order valence-corrected chi connectivity index (χ2v) is 5.53. The molecule has 0 saturated carbocycles. The van der Waals surface area contributed by atoms with Crippen molar-refractivity contribution < 1.29 is 4.74 Å². The Kier molecular flexibility index (Phi) is 4.87. The second-order valence-electron chi connectivity index (χ2n) is 5.53. The monoisotopic (exact) mass is 327 g/mol. The standard InChI is InChI=1S/C21H17N3O/c1-3-12-25-21-18(14-22)17(16-9-7-15(2)8-10-16)13-20(24-21)19-6-4-5-11-23-19/h3-11,13H,1,12H2,2H3. The van der Waals surface area contributed by atoms with Crippen LogP contribution in [0.4, 0.5) is 0 Å². The summed E-state index contributed by atoms with van der Waals surface area (Å²) in [7, 11) is 0. The number of ether oxygens (including phenoxy) is 1. The van der Waals surface area contributed by atoms with Gasteiger partial charge in [-0.3, -0.25) is 4.98 Å². The minimum atomic E-state index is 0.278. The molecule has 0 aliphatic heterocycles. The highest BCUT2D eigenvalue weighted by Crippen LogP contribution is 2.33. The van der Waals surface area contributed by atoms with E-state index in [-0.39, 0.29) is 6.61 Å². The molecule has 0 aliphatic rings. The Morgan fingerprint density at radius 2 is 1.96 bits per heavy atom. The van der Waals surface area contributed by atoms with Crippen LogP contribution in [0.2, 0.25) is 0 Å². The van der Waals surface area contributed by atoms with Gasteiger partial charge in [-0.2, -0.15) is 5.26 Å². The lowest BCUT2D eigenvalue weighted by molar-refractivity contribution is 0.348. The van der Waals surface area contributed by atoms with Crippen LogP contribution in [-0.4, -0.2) is 16.6 Å². The van der Waals surface area contributed by atoms with Crippen LogP contribution in [-0.2, 0) is 0 Å². The SMILES string of the molecule is C=CCOc1nc(-c2ccccn2)cc(-c2ccc(C)cc2)c1C#N. The van der Waals surface area contributed by atoms with Crippen molar-refractivity contribution in [3.05, 3.63) is 78.5 Å². The molecule has 0 spiro atoms. The van der Waals surface area contributed by atoms with Gasteiger partial charge in [0.15, 0.2) is 0 Å². The molecular weight excluding hydrogens is 310 g/mol. The number of aryl methyl sites for hydroxylation is 1. The predicted molar refractivity (Wildman–Crippen MR) is 98.0 cm³/mol. The summed E-state index contributed by atoms with van der Waals surface area (Å²) >= 11 is 0. The van der Waals surface area contributed by atoms with Crippen LogP contribution < -0.4 is 4.74 Å². The van der Waals surface area contributed by atoms with Gasteiger partial charge >= 0.3 is 0 Å². The molecule has 25 heavy (non-hydrogen) atoms. The Bertz CT molecular complexity index is 926. The summed E-state index contributed by atoms with van der Waals surface area (Å²) in [5, 5.41) is 9.66. The summed E-state index contributed by atoms with van der Waals surface area (Å²) in [4.78, 5) is 8.85. The smallest absolute Gasteiger partial charge is 0.233 e. The van der Waals surface area contributed by atoms with Gasteiger partial charge in [-0.15, -0.1) is 0 Å². The lowest BCUT2D eigenvalue weighted by Gasteiger charge is -2.12. The molecule has 2 heterocycles. The summed E-state index contributed by atoms with van der Waals surface area (Å²) in [6, 6.07) is 17.7. The zero-order valence-electron chi connectivity index (χ0n) is 13.9. The third-order valence-corrected chi connectivity index (χ3v) is 3.73. The molecule has 0 aliphatic carbocycles. The van der Waals surface area contributed by atoms with E-state index in [9.17, 15) is 5.26 Å². The van der Waals surface area contributed by atoms with Crippen LogP contribution >= 0.6 is 0 Å². The highest BCUT2D eigenvalue weighted by Gasteiger charge is 2.16. The average Bonchev–Trinajstić information content (AvgIpc) is 2.67. The van der Waals surface area contributed by atoms with Crippen molar-refractivity contribution in [3.63, 3.8) is 0 Å². The minimum Gasteiger partial charge on any atom is -0.472 e. The lowest BCUT2D eigenvalue weighted by Crippen LogP contribution is -2.02. The number of nitrogens with zero attached hydrogens (tertiary/aromatic N) is 3. The molecule has 3 rings (SSSR count). The second kappa shape index (κ2) is 7.41. The quantitative estimate of drug-likeness (QED) is 0.645. The number of hydrogen-bond donors (Lipinski definition) is 0. The normalized spacial score (nSPS) is 10.1. The predicted octanol–water partition coefficient (Wildman–Crippen LogP) is 4.56. The molecule has 0 saturated heterocycles. The molecule has 2 aromatic heterocycles. The van der Waals surface area contributed by atoms with E-state index in [1.165, 1.54) is 0 Å². The average molecular weight is 327 g/mol. The molecule has 0 amide bonds. The first-order chi connectivity index (χ1) is 12.2. The van der Waals surface area contributed by atoms with E-state index in [4.69, 9.17) is 4.74 Å². The number of pyridine rings is 2. The van der Waals surface area contributed by atoms with Crippen molar-refractivity contribution in [2.24, 2.45) is 0 Å². The van der Waals surface area contributed by atoms with Crippen LogP contribution in [0.3, 0.4) is 0 Å². The van der Waals surface area contributed by atoms with Crippen molar-refractivity contribution >= 4 is 0 Å². The number of benzene rings is 1. The number of hydrogen-bond acceptors (Lipinski definition) is 4. The zero-order valence-corrected chi connectivity index (χ0v) is 13.9. The van der Waals surface area contributed by atoms with E-state index >= 15 is 0 Å². The van der Waals surface area contributed by atoms with E-state index in [0.717, 1.165) is 22.4 Å². The molecular formula is C21H17N3O. The van der Waals surface area contributed by atoms with Crippen LogP contribution in [0.25, 0.3) is 22.5 Å². The molecule has 0 unspecified atom stereocenters. The van der Waals surface area contributed by atoms with Gasteiger partial charge in [-0.1, -0.05) is 48.6 Å².